The van der Waals surface area contributed by atoms with Crippen molar-refractivity contribution >= 4 is 24.3 Å². The van der Waals surface area contributed by atoms with Gasteiger partial charge in [-0.1, -0.05) is 29.4 Å². The molecular formula is C12H15ClN2O. The lowest BCUT2D eigenvalue weighted by Gasteiger charge is -2.27. The van der Waals surface area contributed by atoms with Crippen molar-refractivity contribution in [2.45, 2.75) is 25.8 Å². The quantitative estimate of drug-likeness (QED) is 0.456. The van der Waals surface area contributed by atoms with Crippen LogP contribution in [0.25, 0.3) is 0 Å². The fourth-order valence-electron chi connectivity index (χ4n) is 1.97. The average molecular weight is 239 g/mol. The molecule has 4 heteroatoms. The van der Waals surface area contributed by atoms with Gasteiger partial charge in [0, 0.05) is 5.56 Å². The third kappa shape index (κ3) is 2.42. The molecule has 0 atom stereocenters. The molecule has 1 aromatic carbocycles. The van der Waals surface area contributed by atoms with E-state index in [0.717, 1.165) is 17.7 Å². The Labute approximate surface area is 101 Å². The smallest absolute Gasteiger partial charge is 0.0920 e. The minimum absolute atomic E-state index is 0. The van der Waals surface area contributed by atoms with E-state index in [1.165, 1.54) is 11.8 Å². The van der Waals surface area contributed by atoms with E-state index in [0.29, 0.717) is 0 Å². The molecule has 0 aliphatic carbocycles. The van der Waals surface area contributed by atoms with Gasteiger partial charge in [0.05, 0.1) is 17.5 Å². The molecule has 0 fully saturated rings. The van der Waals surface area contributed by atoms with Gasteiger partial charge in [0.25, 0.3) is 0 Å². The molecule has 0 spiro atoms. The molecule has 86 valence electrons. The maximum atomic E-state index is 8.60. The summed E-state index contributed by atoms with van der Waals surface area (Å²) in [7, 11) is 0. The zero-order chi connectivity index (χ0) is 10.9. The highest BCUT2D eigenvalue weighted by molar-refractivity contribution is 6.38. The van der Waals surface area contributed by atoms with Crippen LogP contribution in [0.4, 0.5) is 0 Å². The van der Waals surface area contributed by atoms with Gasteiger partial charge in [-0.05, 0) is 25.8 Å². The van der Waals surface area contributed by atoms with Crippen molar-refractivity contribution in [3.63, 3.8) is 0 Å². The highest BCUT2D eigenvalue weighted by atomic mass is 35.5. The summed E-state index contributed by atoms with van der Waals surface area (Å²) in [5, 5.41) is 11.7. The van der Waals surface area contributed by atoms with Gasteiger partial charge in [-0.3, -0.25) is 4.99 Å². The first-order chi connectivity index (χ1) is 7.12. The number of hydrogen-bond donors (Lipinski definition) is 1. The predicted octanol–water partition coefficient (Wildman–Crippen LogP) is 2.69. The lowest BCUT2D eigenvalue weighted by atomic mass is 9.87. The van der Waals surface area contributed by atoms with Gasteiger partial charge in [0.15, 0.2) is 0 Å². The molecule has 1 aromatic rings. The van der Waals surface area contributed by atoms with Gasteiger partial charge in [-0.2, -0.15) is 0 Å². The zero-order valence-electron chi connectivity index (χ0n) is 9.34. The van der Waals surface area contributed by atoms with E-state index in [1.54, 1.807) is 0 Å². The maximum Gasteiger partial charge on any atom is 0.0920 e. The summed E-state index contributed by atoms with van der Waals surface area (Å²) in [6, 6.07) is 8.09. The predicted molar refractivity (Wildman–Crippen MR) is 68.3 cm³/mol. The van der Waals surface area contributed by atoms with E-state index in [4.69, 9.17) is 5.21 Å². The minimum Gasteiger partial charge on any atom is -0.411 e. The van der Waals surface area contributed by atoms with Crippen molar-refractivity contribution in [1.82, 2.24) is 0 Å². The fraction of sp³-hybridized carbons (Fsp3) is 0.333. The number of rotatable bonds is 1. The molecule has 0 aromatic heterocycles. The van der Waals surface area contributed by atoms with Gasteiger partial charge in [0.1, 0.15) is 0 Å². The Bertz CT molecular complexity index is 438. The van der Waals surface area contributed by atoms with Crippen molar-refractivity contribution in [2.24, 2.45) is 10.1 Å². The highest BCUT2D eigenvalue weighted by Crippen LogP contribution is 2.26. The van der Waals surface area contributed by atoms with Crippen molar-refractivity contribution in [3.05, 3.63) is 35.4 Å². The van der Waals surface area contributed by atoms with Crippen LogP contribution in [0.5, 0.6) is 0 Å². The number of benzene rings is 1. The SMILES string of the molecule is CC1(C)Cc2ccccc2C(/C=N/O)=N1.Cl. The van der Waals surface area contributed by atoms with Gasteiger partial charge in [-0.25, -0.2) is 0 Å². The maximum absolute atomic E-state index is 8.60. The number of nitrogens with zero attached hydrogens (tertiary/aromatic N) is 2. The summed E-state index contributed by atoms with van der Waals surface area (Å²) in [4.78, 5) is 4.55. The van der Waals surface area contributed by atoms with Crippen LogP contribution in [-0.2, 0) is 6.42 Å². The minimum atomic E-state index is -0.120. The van der Waals surface area contributed by atoms with E-state index >= 15 is 0 Å². The number of oxime groups is 1. The molecule has 0 radical (unpaired) electrons. The molecule has 0 saturated heterocycles. The first-order valence-electron chi connectivity index (χ1n) is 4.98. The molecule has 1 N–H and O–H groups in total. The molecule has 16 heavy (non-hydrogen) atoms. The second-order valence-corrected chi connectivity index (χ2v) is 4.39. The first-order valence-corrected chi connectivity index (χ1v) is 4.98. The Morgan fingerprint density at radius 2 is 2.06 bits per heavy atom. The topological polar surface area (TPSA) is 45.0 Å². The van der Waals surface area contributed by atoms with Gasteiger partial charge < -0.3 is 5.21 Å². The van der Waals surface area contributed by atoms with Crippen LogP contribution in [0, 0.1) is 0 Å². The summed E-state index contributed by atoms with van der Waals surface area (Å²) in [6.07, 6.45) is 2.33. The molecule has 0 saturated carbocycles. The summed E-state index contributed by atoms with van der Waals surface area (Å²) in [6.45, 7) is 4.16. The molecule has 2 rings (SSSR count). The van der Waals surface area contributed by atoms with E-state index in [1.807, 2.05) is 18.2 Å². The molecule has 1 heterocycles. The van der Waals surface area contributed by atoms with Crippen LogP contribution in [0.2, 0.25) is 0 Å². The Morgan fingerprint density at radius 1 is 1.38 bits per heavy atom. The van der Waals surface area contributed by atoms with Gasteiger partial charge in [-0.15, -0.1) is 12.4 Å². The summed E-state index contributed by atoms with van der Waals surface area (Å²) in [5.74, 6) is 0. The summed E-state index contributed by atoms with van der Waals surface area (Å²) >= 11 is 0. The molecule has 0 bridgehead atoms. The molecule has 0 amide bonds. The highest BCUT2D eigenvalue weighted by Gasteiger charge is 2.25. The van der Waals surface area contributed by atoms with E-state index in [9.17, 15) is 0 Å². The lowest BCUT2D eigenvalue weighted by Crippen LogP contribution is -2.29. The number of aliphatic imine (C=N–C) groups is 1. The van der Waals surface area contributed by atoms with Crippen LogP contribution in [0.1, 0.15) is 25.0 Å². The number of halogens is 1. The second-order valence-electron chi connectivity index (χ2n) is 4.39. The molecular weight excluding hydrogens is 224 g/mol. The number of fused-ring (bicyclic) bond motifs is 1. The Morgan fingerprint density at radius 3 is 2.75 bits per heavy atom. The third-order valence-electron chi connectivity index (χ3n) is 2.52. The van der Waals surface area contributed by atoms with E-state index < -0.39 is 0 Å². The van der Waals surface area contributed by atoms with Crippen molar-refractivity contribution < 1.29 is 5.21 Å². The van der Waals surface area contributed by atoms with E-state index in [-0.39, 0.29) is 17.9 Å². The Kier molecular flexibility index (Phi) is 3.70. The zero-order valence-corrected chi connectivity index (χ0v) is 10.2. The molecule has 0 unspecified atom stereocenters. The number of hydrogen-bond acceptors (Lipinski definition) is 3. The summed E-state index contributed by atoms with van der Waals surface area (Å²) in [5.41, 5.74) is 2.96. The Balaban J connectivity index is 0.00000128. The van der Waals surface area contributed by atoms with E-state index in [2.05, 4.69) is 30.1 Å². The normalized spacial score (nSPS) is 17.5. The molecule has 1 aliphatic heterocycles. The van der Waals surface area contributed by atoms with Crippen LogP contribution in [0.15, 0.2) is 34.4 Å². The molecule has 1 aliphatic rings. The van der Waals surface area contributed by atoms with Gasteiger partial charge >= 0.3 is 0 Å². The van der Waals surface area contributed by atoms with Crippen LogP contribution >= 0.6 is 12.4 Å². The van der Waals surface area contributed by atoms with Crippen LogP contribution in [0.3, 0.4) is 0 Å². The lowest BCUT2D eigenvalue weighted by molar-refractivity contribution is 0.322. The molecule has 3 nitrogen and oxygen atoms in total. The van der Waals surface area contributed by atoms with Crippen molar-refractivity contribution in [2.75, 3.05) is 0 Å². The van der Waals surface area contributed by atoms with Crippen molar-refractivity contribution in [3.8, 4) is 0 Å². The Hall–Kier alpha value is -1.35. The van der Waals surface area contributed by atoms with Crippen LogP contribution < -0.4 is 0 Å². The average Bonchev–Trinajstić information content (AvgIpc) is 2.16. The monoisotopic (exact) mass is 238 g/mol. The fourth-order valence-corrected chi connectivity index (χ4v) is 1.97. The summed E-state index contributed by atoms with van der Waals surface area (Å²) < 4.78 is 0. The standard InChI is InChI=1S/C12H14N2O.ClH/c1-12(2)7-9-5-3-4-6-10(9)11(14-12)8-13-15;/h3-6,8,15H,7H2,1-2H3;1H/b13-8+;. The second kappa shape index (κ2) is 4.66. The van der Waals surface area contributed by atoms with Gasteiger partial charge in [0.2, 0.25) is 0 Å². The first kappa shape index (κ1) is 12.7. The van der Waals surface area contributed by atoms with Crippen LogP contribution in [-0.4, -0.2) is 22.7 Å². The largest absolute Gasteiger partial charge is 0.411 e. The van der Waals surface area contributed by atoms with Crippen molar-refractivity contribution in [1.29, 1.82) is 0 Å². The third-order valence-corrected chi connectivity index (χ3v) is 2.52.